The molecule has 2 aromatic rings. The van der Waals surface area contributed by atoms with Gasteiger partial charge >= 0.3 is 17.9 Å². The molecule has 0 aromatic heterocycles. The zero-order valence-corrected chi connectivity index (χ0v) is 19.9. The molecule has 0 bridgehead atoms. The average molecular weight is 483 g/mol. The molecule has 184 valence electrons. The average Bonchev–Trinajstić information content (AvgIpc) is 2.81. The summed E-state index contributed by atoms with van der Waals surface area (Å²) >= 11 is 0. The quantitative estimate of drug-likeness (QED) is 0.254. The van der Waals surface area contributed by atoms with Gasteiger partial charge in [-0.25, -0.2) is 18.8 Å². The monoisotopic (exact) mass is 482 g/mol. The molecule has 0 aliphatic rings. The molecule has 0 spiro atoms. The Kier molecular flexibility index (Phi) is 9.52. The van der Waals surface area contributed by atoms with Gasteiger partial charge in [-0.05, 0) is 56.2 Å². The lowest BCUT2D eigenvalue weighted by atomic mass is 10.1. The van der Waals surface area contributed by atoms with Gasteiger partial charge in [-0.1, -0.05) is 37.9 Å². The first-order chi connectivity index (χ1) is 16.5. The summed E-state index contributed by atoms with van der Waals surface area (Å²) in [6.07, 6.45) is -0.785. The van der Waals surface area contributed by atoms with Crippen molar-refractivity contribution < 1.29 is 37.7 Å². The first-order valence-electron chi connectivity index (χ1n) is 10.6. The lowest BCUT2D eigenvalue weighted by molar-refractivity contribution is -0.146. The highest BCUT2D eigenvalue weighted by atomic mass is 19.1. The van der Waals surface area contributed by atoms with Gasteiger partial charge in [-0.3, -0.25) is 0 Å². The van der Waals surface area contributed by atoms with Crippen LogP contribution in [0.1, 0.15) is 20.8 Å². The summed E-state index contributed by atoms with van der Waals surface area (Å²) in [6, 6.07) is 10.9. The van der Waals surface area contributed by atoms with Crippen LogP contribution in [-0.2, 0) is 23.9 Å². The Morgan fingerprint density at radius 1 is 0.771 bits per heavy atom. The molecule has 0 fully saturated rings. The molecule has 0 aliphatic carbocycles. The van der Waals surface area contributed by atoms with Gasteiger partial charge in [0.2, 0.25) is 0 Å². The number of rotatable bonds is 11. The summed E-state index contributed by atoms with van der Waals surface area (Å²) in [5.41, 5.74) is 1.82. The first-order valence-corrected chi connectivity index (χ1v) is 10.6. The molecule has 0 saturated heterocycles. The van der Waals surface area contributed by atoms with E-state index >= 15 is 0 Å². The van der Waals surface area contributed by atoms with E-state index in [4.69, 9.17) is 18.9 Å². The Morgan fingerprint density at radius 2 is 1.26 bits per heavy atom. The summed E-state index contributed by atoms with van der Waals surface area (Å²) < 4.78 is 35.4. The largest absolute Gasteiger partial charge is 0.483 e. The van der Waals surface area contributed by atoms with Crippen molar-refractivity contribution in [3.8, 4) is 22.6 Å². The van der Waals surface area contributed by atoms with Crippen LogP contribution in [0.4, 0.5) is 4.39 Å². The molecule has 0 aliphatic heterocycles. The van der Waals surface area contributed by atoms with E-state index in [-0.39, 0.29) is 35.7 Å². The number of ether oxygens (including phenoxy) is 4. The maximum atomic E-state index is 14.4. The second-order valence-electron chi connectivity index (χ2n) is 7.84. The van der Waals surface area contributed by atoms with Crippen molar-refractivity contribution in [2.75, 3.05) is 13.2 Å². The number of halogens is 1. The summed E-state index contributed by atoms with van der Waals surface area (Å²) in [4.78, 5) is 35.1. The number of hydrogen-bond acceptors (Lipinski definition) is 7. The fourth-order valence-electron chi connectivity index (χ4n) is 2.57. The predicted octanol–water partition coefficient (Wildman–Crippen LogP) is 4.96. The van der Waals surface area contributed by atoms with Crippen LogP contribution in [0, 0.1) is 5.82 Å². The fourth-order valence-corrected chi connectivity index (χ4v) is 2.57. The van der Waals surface area contributed by atoms with Crippen molar-refractivity contribution >= 4 is 17.9 Å². The van der Waals surface area contributed by atoms with Crippen LogP contribution in [-0.4, -0.2) is 37.2 Å². The van der Waals surface area contributed by atoms with E-state index in [9.17, 15) is 18.8 Å². The molecule has 7 nitrogen and oxygen atoms in total. The molecular formula is C27H27FO7. The third-order valence-electron chi connectivity index (χ3n) is 4.47. The number of carbonyl (C=O) groups is 3. The lowest BCUT2D eigenvalue weighted by Gasteiger charge is -2.19. The van der Waals surface area contributed by atoms with Gasteiger partial charge in [0.15, 0.2) is 17.7 Å². The number of hydrogen-bond donors (Lipinski definition) is 0. The van der Waals surface area contributed by atoms with Gasteiger partial charge in [0.05, 0.1) is 0 Å². The number of benzene rings is 2. The normalized spacial score (nSPS) is 10.3. The zero-order valence-electron chi connectivity index (χ0n) is 19.9. The first kappa shape index (κ1) is 27.0. The highest BCUT2D eigenvalue weighted by Gasteiger charge is 2.18. The highest BCUT2D eigenvalue weighted by molar-refractivity contribution is 5.89. The second-order valence-corrected chi connectivity index (χ2v) is 7.84. The maximum absolute atomic E-state index is 14.4. The van der Waals surface area contributed by atoms with E-state index in [1.807, 2.05) is 0 Å². The molecule has 0 N–H and O–H groups in total. The number of carbonyl (C=O) groups excluding carboxylic acids is 3. The van der Waals surface area contributed by atoms with Crippen molar-refractivity contribution in [1.82, 2.24) is 0 Å². The molecule has 2 rings (SSSR count). The van der Waals surface area contributed by atoms with Gasteiger partial charge in [-0.15, -0.1) is 0 Å². The Bertz CT molecular complexity index is 1120. The standard InChI is InChI=1S/C27H27FO7/c1-16(2)25(29)32-14-22(15-33-26(30)17(3)4)34-21-10-7-19(8-11-21)20-9-12-24(23(28)13-20)35-27(31)18(5)6/h7-13,22H,1,3,5,14-15H2,2,4,6H3. The van der Waals surface area contributed by atoms with Crippen LogP contribution in [0.5, 0.6) is 11.5 Å². The Balaban J connectivity index is 2.12. The van der Waals surface area contributed by atoms with Crippen molar-refractivity contribution in [3.63, 3.8) is 0 Å². The fraction of sp³-hybridized carbons (Fsp3) is 0.222. The zero-order chi connectivity index (χ0) is 26.1. The molecule has 0 radical (unpaired) electrons. The van der Waals surface area contributed by atoms with E-state index < -0.39 is 29.8 Å². The summed E-state index contributed by atoms with van der Waals surface area (Å²) in [6.45, 7) is 14.6. The Morgan fingerprint density at radius 3 is 1.71 bits per heavy atom. The van der Waals surface area contributed by atoms with Gasteiger partial charge in [0, 0.05) is 16.7 Å². The van der Waals surface area contributed by atoms with Crippen molar-refractivity contribution in [3.05, 3.63) is 84.7 Å². The van der Waals surface area contributed by atoms with Gasteiger partial charge in [0.1, 0.15) is 19.0 Å². The van der Waals surface area contributed by atoms with Gasteiger partial charge in [0.25, 0.3) is 0 Å². The molecule has 0 amide bonds. The molecule has 0 unspecified atom stereocenters. The molecule has 0 heterocycles. The van der Waals surface area contributed by atoms with Crippen molar-refractivity contribution in [2.45, 2.75) is 26.9 Å². The van der Waals surface area contributed by atoms with Gasteiger partial charge < -0.3 is 18.9 Å². The number of esters is 3. The lowest BCUT2D eigenvalue weighted by Crippen LogP contribution is -2.31. The molecule has 0 atom stereocenters. The predicted molar refractivity (Wildman–Crippen MR) is 128 cm³/mol. The van der Waals surface area contributed by atoms with E-state index in [1.54, 1.807) is 30.3 Å². The maximum Gasteiger partial charge on any atom is 0.338 e. The molecule has 8 heteroatoms. The van der Waals surface area contributed by atoms with E-state index in [0.29, 0.717) is 16.9 Å². The topological polar surface area (TPSA) is 88.1 Å². The SMILES string of the molecule is C=C(C)C(=O)OCC(COC(=O)C(=C)C)Oc1ccc(-c2ccc(OC(=O)C(=C)C)c(F)c2)cc1. The van der Waals surface area contributed by atoms with Crippen molar-refractivity contribution in [1.29, 1.82) is 0 Å². The van der Waals surface area contributed by atoms with Crippen LogP contribution in [0.2, 0.25) is 0 Å². The molecular weight excluding hydrogens is 455 g/mol. The summed E-state index contributed by atoms with van der Waals surface area (Å²) in [7, 11) is 0. The minimum atomic E-state index is -0.785. The smallest absolute Gasteiger partial charge is 0.338 e. The highest BCUT2D eigenvalue weighted by Crippen LogP contribution is 2.28. The van der Waals surface area contributed by atoms with Crippen LogP contribution in [0.3, 0.4) is 0 Å². The van der Waals surface area contributed by atoms with E-state index in [2.05, 4.69) is 19.7 Å². The van der Waals surface area contributed by atoms with Crippen molar-refractivity contribution in [2.24, 2.45) is 0 Å². The molecule has 0 saturated carbocycles. The minimum absolute atomic E-state index is 0.158. The Hall–Kier alpha value is -4.20. The van der Waals surface area contributed by atoms with Crippen LogP contribution >= 0.6 is 0 Å². The van der Waals surface area contributed by atoms with Crippen LogP contribution in [0.25, 0.3) is 11.1 Å². The van der Waals surface area contributed by atoms with Gasteiger partial charge in [-0.2, -0.15) is 0 Å². The molecule has 35 heavy (non-hydrogen) atoms. The Labute approximate surface area is 203 Å². The summed E-state index contributed by atoms with van der Waals surface area (Å²) in [5, 5.41) is 0. The third kappa shape index (κ3) is 8.26. The minimum Gasteiger partial charge on any atom is -0.483 e. The molecule has 2 aromatic carbocycles. The van der Waals surface area contributed by atoms with Crippen LogP contribution < -0.4 is 9.47 Å². The van der Waals surface area contributed by atoms with E-state index in [1.165, 1.54) is 32.9 Å². The third-order valence-corrected chi connectivity index (χ3v) is 4.47. The summed E-state index contributed by atoms with van der Waals surface area (Å²) in [5.74, 6) is -2.40. The second kappa shape index (κ2) is 12.3. The van der Waals surface area contributed by atoms with Crippen LogP contribution in [0.15, 0.2) is 78.9 Å². The van der Waals surface area contributed by atoms with E-state index in [0.717, 1.165) is 0 Å².